The Balaban J connectivity index is 0.000000149. The molecule has 8 aromatic rings. The van der Waals surface area contributed by atoms with Crippen LogP contribution in [0.5, 0.6) is 0 Å². The lowest BCUT2D eigenvalue weighted by atomic mass is 9.85. The molecule has 0 bridgehead atoms. The van der Waals surface area contributed by atoms with Gasteiger partial charge in [0.05, 0.1) is 94.0 Å². The van der Waals surface area contributed by atoms with Crippen LogP contribution in [0, 0.1) is 0 Å². The molecule has 2 unspecified atom stereocenters. The molecule has 0 aromatic heterocycles. The molecule has 7 heterocycles. The van der Waals surface area contributed by atoms with Crippen LogP contribution in [0.15, 0.2) is 127 Å². The number of fused-ring (bicyclic) bond motifs is 6. The molecule has 0 saturated carbocycles. The van der Waals surface area contributed by atoms with Crippen molar-refractivity contribution in [2.24, 2.45) is 0 Å². The molecule has 0 aliphatic carbocycles. The highest BCUT2D eigenvalue weighted by Gasteiger charge is 2.59. The van der Waals surface area contributed by atoms with Gasteiger partial charge in [0, 0.05) is 98.8 Å². The summed E-state index contributed by atoms with van der Waals surface area (Å²) in [6.07, 6.45) is 1.73. The monoisotopic (exact) mass is 1300 g/mol. The number of quaternary nitrogens is 4. The number of aliphatic carboxylic acids is 1. The van der Waals surface area contributed by atoms with E-state index >= 15 is 0 Å². The molecule has 7 aliphatic rings. The van der Waals surface area contributed by atoms with E-state index in [0.29, 0.717) is 68.4 Å². The number of carboxylic acid groups (broad SMARTS) is 2. The van der Waals surface area contributed by atoms with E-state index < -0.39 is 34.3 Å². The average molecular weight is 1310 g/mol. The number of carbonyl (C=O) groups excluding carboxylic acids is 6. The van der Waals surface area contributed by atoms with Crippen LogP contribution < -0.4 is 49.3 Å². The largest absolute Gasteiger partial charge is 1.00 e. The number of rotatable bonds is 4. The van der Waals surface area contributed by atoms with Crippen molar-refractivity contribution in [3.05, 3.63) is 183 Å². The number of anilines is 5. The molecule has 19 nitrogen and oxygen atoms in total. The highest BCUT2D eigenvalue weighted by atomic mass is 35.5. The molecule has 476 valence electrons. The Bertz CT molecular complexity index is 4500. The van der Waals surface area contributed by atoms with Crippen molar-refractivity contribution in [1.29, 1.82) is 0 Å². The first kappa shape index (κ1) is 66.1. The first-order valence-electron chi connectivity index (χ1n) is 29.9. The molecule has 2 atom stereocenters. The lowest BCUT2D eigenvalue weighted by Gasteiger charge is -2.44. The molecule has 1 spiro atoms. The number of imide groups is 3. The van der Waals surface area contributed by atoms with Gasteiger partial charge in [0.2, 0.25) is 6.04 Å². The number of carbonyl (C=O) groups is 8. The summed E-state index contributed by atoms with van der Waals surface area (Å²) in [6.45, 7) is 5.19. The molecule has 1 fully saturated rings. The van der Waals surface area contributed by atoms with Gasteiger partial charge in [-0.05, 0) is 85.6 Å². The minimum Gasteiger partial charge on any atom is -1.00 e. The maximum absolute atomic E-state index is 13.9. The average Bonchev–Trinajstić information content (AvgIpc) is 0.722. The van der Waals surface area contributed by atoms with Gasteiger partial charge in [0.1, 0.15) is 19.6 Å². The zero-order valence-electron chi connectivity index (χ0n) is 52.6. The Labute approximate surface area is 551 Å². The molecule has 92 heavy (non-hydrogen) atoms. The fraction of sp³-hybridized carbons (Fsp3) is 0.286. The fourth-order valence-electron chi connectivity index (χ4n) is 15.7. The van der Waals surface area contributed by atoms with E-state index in [1.54, 1.807) is 24.3 Å². The molecule has 7 aliphatic heterocycles. The van der Waals surface area contributed by atoms with Gasteiger partial charge in [0.15, 0.2) is 20.0 Å². The van der Waals surface area contributed by atoms with E-state index in [4.69, 9.17) is 5.11 Å². The number of aromatic carboxylic acids is 1. The van der Waals surface area contributed by atoms with Gasteiger partial charge < -0.3 is 63.2 Å². The van der Waals surface area contributed by atoms with E-state index in [0.717, 1.165) is 120 Å². The highest BCUT2D eigenvalue weighted by Crippen LogP contribution is 2.47. The second-order valence-corrected chi connectivity index (χ2v) is 26.9. The first-order chi connectivity index (χ1) is 42.2. The molecule has 2 N–H and O–H groups in total. The summed E-state index contributed by atoms with van der Waals surface area (Å²) in [4.78, 5) is 114. The maximum Gasteiger partial charge on any atom is 0.363 e. The number of para-hydroxylation sites is 1. The van der Waals surface area contributed by atoms with E-state index in [-0.39, 0.29) is 73.0 Å². The molecular weight excluding hydrogens is 1230 g/mol. The van der Waals surface area contributed by atoms with E-state index in [2.05, 4.69) is 64.0 Å². The Morgan fingerprint density at radius 2 is 0.815 bits per heavy atom. The zero-order chi connectivity index (χ0) is 63.1. The number of hydrogen-bond acceptors (Lipinski definition) is 11. The minimum atomic E-state index is -1.07. The minimum absolute atomic E-state index is 0. The standard InChI is InChI=1S/C24H21N3O4.C23H26N3O4.C23H22N3O2.3ClH/c1-25-13-27(2,3)12-15-11-19-20-17(21(15)25)5-4-6-18(20)22(28)26(23(19)29)16-9-7-14(8-10-16)24(30)31;1-24-13-25(2,3)12-14-11-17-19-15(20(14)24)7-6-8-16(19)21(27)26(22(17)28)10-5-4-9-18(26)23(29)30;1-24-14-26(2,3)13-15-12-19-20-17(21(15)24)10-7-11-18(20)22(27)25(23(19)28)16-8-5-4-6-9-16;;;/h4-11H,12-13H2,1-3H3;6-8,11,18H,4-5,9-10,12-13H2,1-3H3;4-12H,13-14H2,1-3H3;3*1H/q;2*+1;;;. The van der Waals surface area contributed by atoms with E-state index in [1.165, 1.54) is 29.2 Å². The van der Waals surface area contributed by atoms with Crippen molar-refractivity contribution in [3.8, 4) is 0 Å². The normalized spacial score (nSPS) is 20.1. The Kier molecular flexibility index (Phi) is 17.0. The quantitative estimate of drug-likeness (QED) is 0.190. The molecule has 1 saturated heterocycles. The van der Waals surface area contributed by atoms with Crippen LogP contribution in [0.4, 0.5) is 28.4 Å². The number of benzene rings is 8. The van der Waals surface area contributed by atoms with Crippen LogP contribution in [0.3, 0.4) is 0 Å². The van der Waals surface area contributed by atoms with Crippen molar-refractivity contribution in [2.75, 3.05) is 114 Å². The number of amides is 6. The second kappa shape index (κ2) is 23.7. The predicted molar refractivity (Wildman–Crippen MR) is 348 cm³/mol. The van der Waals surface area contributed by atoms with Crippen molar-refractivity contribution in [3.63, 3.8) is 0 Å². The Morgan fingerprint density at radius 1 is 0.446 bits per heavy atom. The molecule has 0 radical (unpaired) electrons. The summed E-state index contributed by atoms with van der Waals surface area (Å²) in [5, 5.41) is 24.0. The summed E-state index contributed by atoms with van der Waals surface area (Å²) >= 11 is 0. The summed E-state index contributed by atoms with van der Waals surface area (Å²) in [5.74, 6) is -4.14. The summed E-state index contributed by atoms with van der Waals surface area (Å²) < 4.78 is 1.75. The number of halogens is 3. The predicted octanol–water partition coefficient (Wildman–Crippen LogP) is 3.95. The molecular formula is C70H72Cl3N9O10+2. The van der Waals surface area contributed by atoms with Crippen LogP contribution in [0.25, 0.3) is 32.3 Å². The SMILES string of the molecule is CN1C[N+](C)(C)Cc2cc3c4c(cccc4c21)C(=O)N(c1ccc(C(=O)O)cc1)C3=O.CN1C[N+](C)(C)Cc2cc3c4c(cccc4c21)C(=O)N(c1ccccc1)C3=O.CN1C[N+](C)(C)Cc2cc3c4c(cccc4c21)C(=O)[N+]1(CCCCC1C(=O)O)C3=O.Cl.[Cl-].[Cl-]. The van der Waals surface area contributed by atoms with Crippen molar-refractivity contribution in [2.45, 2.75) is 44.9 Å². The van der Waals surface area contributed by atoms with Crippen LogP contribution >= 0.6 is 12.4 Å². The van der Waals surface area contributed by atoms with Crippen LogP contribution in [-0.4, -0.2) is 172 Å². The van der Waals surface area contributed by atoms with Gasteiger partial charge in [0.25, 0.3) is 23.6 Å². The van der Waals surface area contributed by atoms with Gasteiger partial charge in [-0.2, -0.15) is 4.48 Å². The van der Waals surface area contributed by atoms with Crippen LogP contribution in [0.1, 0.15) is 108 Å². The zero-order valence-corrected chi connectivity index (χ0v) is 55.0. The Hall–Kier alpha value is -8.79. The Morgan fingerprint density at radius 3 is 1.23 bits per heavy atom. The van der Waals surface area contributed by atoms with Crippen molar-refractivity contribution < 1.29 is 91.3 Å². The number of hydrogen-bond donors (Lipinski definition) is 2. The number of carboxylic acids is 2. The highest BCUT2D eigenvalue weighted by molar-refractivity contribution is 6.38. The first-order valence-corrected chi connectivity index (χ1v) is 29.9. The number of piperidine rings is 1. The van der Waals surface area contributed by atoms with Crippen molar-refractivity contribution in [1.82, 2.24) is 0 Å². The smallest absolute Gasteiger partial charge is 0.363 e. The summed E-state index contributed by atoms with van der Waals surface area (Å²) in [7, 11) is 19.1. The van der Waals surface area contributed by atoms with Gasteiger partial charge in [-0.1, -0.05) is 54.6 Å². The molecule has 22 heteroatoms. The molecule has 6 amide bonds. The lowest BCUT2D eigenvalue weighted by Crippen LogP contribution is -3.00. The van der Waals surface area contributed by atoms with Gasteiger partial charge >= 0.3 is 23.8 Å². The third kappa shape index (κ3) is 10.5. The van der Waals surface area contributed by atoms with Crippen molar-refractivity contribution >= 4 is 121 Å². The van der Waals surface area contributed by atoms with Gasteiger partial charge in [-0.15, -0.1) is 12.4 Å². The summed E-state index contributed by atoms with van der Waals surface area (Å²) in [6, 6.07) is 36.7. The summed E-state index contributed by atoms with van der Waals surface area (Å²) in [5.41, 5.74) is 10.8. The molecule has 8 aromatic carbocycles. The van der Waals surface area contributed by atoms with E-state index in [9.17, 15) is 43.5 Å². The van der Waals surface area contributed by atoms with Crippen LogP contribution in [0.2, 0.25) is 0 Å². The van der Waals surface area contributed by atoms with E-state index in [1.807, 2.05) is 93.0 Å². The third-order valence-corrected chi connectivity index (χ3v) is 18.7. The second-order valence-electron chi connectivity index (χ2n) is 26.9. The van der Waals surface area contributed by atoms with Gasteiger partial charge in [-0.25, -0.2) is 29.0 Å². The number of nitrogens with zero attached hydrogens (tertiary/aromatic N) is 9. The maximum atomic E-state index is 13.9. The van der Waals surface area contributed by atoms with Gasteiger partial charge in [-0.3, -0.25) is 19.2 Å². The topological polar surface area (TPSA) is 193 Å². The molecule has 15 rings (SSSR count). The fourth-order valence-corrected chi connectivity index (χ4v) is 15.7. The lowest BCUT2D eigenvalue weighted by molar-refractivity contribution is -0.904. The third-order valence-electron chi connectivity index (χ3n) is 18.7. The van der Waals surface area contributed by atoms with Crippen LogP contribution in [-0.2, 0) is 24.4 Å².